The zero-order chi connectivity index (χ0) is 20.1. The van der Waals surface area contributed by atoms with Gasteiger partial charge >= 0.3 is 0 Å². The lowest BCUT2D eigenvalue weighted by atomic mass is 10.2. The number of rotatable bonds is 7. The summed E-state index contributed by atoms with van der Waals surface area (Å²) in [6.07, 6.45) is 8.59. The molecular weight excluding hydrogens is 368 g/mol. The van der Waals surface area contributed by atoms with E-state index in [4.69, 9.17) is 15.2 Å². The molecule has 150 valence electrons. The van der Waals surface area contributed by atoms with Gasteiger partial charge < -0.3 is 20.1 Å². The third kappa shape index (κ3) is 4.46. The number of pyridine rings is 1. The normalized spacial score (nSPS) is 18.8. The Kier molecular flexibility index (Phi) is 5.86. The summed E-state index contributed by atoms with van der Waals surface area (Å²) < 4.78 is 11.5. The zero-order valence-corrected chi connectivity index (χ0v) is 16.2. The molecular formula is C22H24N4O3. The highest BCUT2D eigenvalue weighted by Gasteiger charge is 2.32. The van der Waals surface area contributed by atoms with E-state index in [2.05, 4.69) is 9.98 Å². The van der Waals surface area contributed by atoms with Crippen molar-refractivity contribution in [1.82, 2.24) is 9.88 Å². The maximum absolute atomic E-state index is 13.0. The second-order valence-electron chi connectivity index (χ2n) is 7.07. The summed E-state index contributed by atoms with van der Waals surface area (Å²) in [6.45, 7) is 2.23. The predicted molar refractivity (Wildman–Crippen MR) is 110 cm³/mol. The first-order chi connectivity index (χ1) is 14.2. The standard InChI is InChI=1S/C22H24N4O3/c23-9-2-10-24-17-6-4-16(5-7-17)13-26-14-19-21(22(26)27)20(8-11-25-19)29-15-18-3-1-12-28-18/h2,4-11,18H,1,3,12-15,23H2. The van der Waals surface area contributed by atoms with E-state index in [1.54, 1.807) is 29.5 Å². The molecule has 1 atom stereocenters. The lowest BCUT2D eigenvalue weighted by Crippen LogP contribution is -2.24. The fourth-order valence-electron chi connectivity index (χ4n) is 3.54. The van der Waals surface area contributed by atoms with Gasteiger partial charge in [0.1, 0.15) is 17.9 Å². The summed E-state index contributed by atoms with van der Waals surface area (Å²) in [6, 6.07) is 9.53. The minimum absolute atomic E-state index is 0.0504. The summed E-state index contributed by atoms with van der Waals surface area (Å²) in [4.78, 5) is 23.4. The monoisotopic (exact) mass is 392 g/mol. The molecule has 2 N–H and O–H groups in total. The highest BCUT2D eigenvalue weighted by molar-refractivity contribution is 6.00. The number of allylic oxidation sites excluding steroid dienone is 1. The highest BCUT2D eigenvalue weighted by Crippen LogP contribution is 2.31. The van der Waals surface area contributed by atoms with E-state index in [1.807, 2.05) is 24.3 Å². The number of carbonyl (C=O) groups excluding carboxylic acids is 1. The molecule has 2 aliphatic heterocycles. The first-order valence-electron chi connectivity index (χ1n) is 9.76. The van der Waals surface area contributed by atoms with Gasteiger partial charge in [-0.3, -0.25) is 14.8 Å². The molecule has 29 heavy (non-hydrogen) atoms. The van der Waals surface area contributed by atoms with Crippen LogP contribution in [-0.4, -0.2) is 41.3 Å². The van der Waals surface area contributed by atoms with Crippen LogP contribution in [0.25, 0.3) is 0 Å². The van der Waals surface area contributed by atoms with Gasteiger partial charge in [0.05, 0.1) is 24.0 Å². The maximum Gasteiger partial charge on any atom is 0.260 e. The Morgan fingerprint density at radius 1 is 1.31 bits per heavy atom. The van der Waals surface area contributed by atoms with Crippen molar-refractivity contribution >= 4 is 17.8 Å². The molecule has 7 heteroatoms. The number of hydrogen-bond acceptors (Lipinski definition) is 6. The number of hydrogen-bond donors (Lipinski definition) is 1. The van der Waals surface area contributed by atoms with E-state index >= 15 is 0 Å². The van der Waals surface area contributed by atoms with Crippen molar-refractivity contribution in [3.63, 3.8) is 0 Å². The van der Waals surface area contributed by atoms with Gasteiger partial charge in [0.2, 0.25) is 0 Å². The number of ether oxygens (including phenoxy) is 2. The number of fused-ring (bicyclic) bond motifs is 1. The molecule has 4 rings (SSSR count). The largest absolute Gasteiger partial charge is 0.490 e. The van der Waals surface area contributed by atoms with Crippen LogP contribution in [-0.2, 0) is 17.8 Å². The number of nitrogens with two attached hydrogens (primary N) is 1. The molecule has 0 spiro atoms. The molecule has 2 aliphatic rings. The summed E-state index contributed by atoms with van der Waals surface area (Å²) in [5.41, 5.74) is 8.47. The van der Waals surface area contributed by atoms with Crippen LogP contribution in [0.15, 0.2) is 53.8 Å². The Morgan fingerprint density at radius 3 is 2.93 bits per heavy atom. The van der Waals surface area contributed by atoms with Crippen molar-refractivity contribution in [2.24, 2.45) is 10.7 Å². The maximum atomic E-state index is 13.0. The van der Waals surface area contributed by atoms with Gasteiger partial charge in [-0.05, 0) is 48.9 Å². The fraction of sp³-hybridized carbons (Fsp3) is 0.318. The van der Waals surface area contributed by atoms with Crippen molar-refractivity contribution in [3.05, 3.63) is 65.6 Å². The summed E-state index contributed by atoms with van der Waals surface area (Å²) >= 11 is 0. The third-order valence-corrected chi connectivity index (χ3v) is 5.01. The first kappa shape index (κ1) is 19.1. The number of carbonyl (C=O) groups is 1. The van der Waals surface area contributed by atoms with Crippen LogP contribution < -0.4 is 10.5 Å². The summed E-state index contributed by atoms with van der Waals surface area (Å²) in [5.74, 6) is 0.543. The number of aliphatic imine (C=N–C) groups is 1. The molecule has 3 heterocycles. The van der Waals surface area contributed by atoms with Crippen molar-refractivity contribution < 1.29 is 14.3 Å². The molecule has 1 aromatic heterocycles. The highest BCUT2D eigenvalue weighted by atomic mass is 16.5. The smallest absolute Gasteiger partial charge is 0.260 e. The second-order valence-corrected chi connectivity index (χ2v) is 7.07. The van der Waals surface area contributed by atoms with Crippen LogP contribution >= 0.6 is 0 Å². The SMILES string of the molecule is NC=CC=Nc1ccc(CN2Cc3nccc(OCC4CCCO4)c3C2=O)cc1. The number of benzene rings is 1. The van der Waals surface area contributed by atoms with Gasteiger partial charge in [-0.1, -0.05) is 12.1 Å². The first-order valence-corrected chi connectivity index (χ1v) is 9.76. The molecule has 0 radical (unpaired) electrons. The van der Waals surface area contributed by atoms with Gasteiger partial charge in [0.25, 0.3) is 5.91 Å². The van der Waals surface area contributed by atoms with Crippen LogP contribution in [0.2, 0.25) is 0 Å². The van der Waals surface area contributed by atoms with Gasteiger partial charge in [-0.25, -0.2) is 0 Å². The molecule has 1 amide bonds. The van der Waals surface area contributed by atoms with Crippen molar-refractivity contribution in [2.75, 3.05) is 13.2 Å². The molecule has 2 aromatic rings. The number of amides is 1. The van der Waals surface area contributed by atoms with Gasteiger partial charge in [0.15, 0.2) is 0 Å². The summed E-state index contributed by atoms with van der Waals surface area (Å²) in [7, 11) is 0. The number of aromatic nitrogens is 1. The second kappa shape index (κ2) is 8.87. The quantitative estimate of drug-likeness (QED) is 0.732. The lowest BCUT2D eigenvalue weighted by molar-refractivity contribution is 0.0659. The van der Waals surface area contributed by atoms with Crippen molar-refractivity contribution in [2.45, 2.75) is 32.0 Å². The molecule has 1 saturated heterocycles. The van der Waals surface area contributed by atoms with Crippen molar-refractivity contribution in [1.29, 1.82) is 0 Å². The van der Waals surface area contributed by atoms with E-state index < -0.39 is 0 Å². The van der Waals surface area contributed by atoms with E-state index in [0.717, 1.165) is 36.4 Å². The van der Waals surface area contributed by atoms with Crippen molar-refractivity contribution in [3.8, 4) is 5.75 Å². The van der Waals surface area contributed by atoms with Crippen LogP contribution in [0.5, 0.6) is 5.75 Å². The zero-order valence-electron chi connectivity index (χ0n) is 16.2. The molecule has 0 saturated carbocycles. The molecule has 7 nitrogen and oxygen atoms in total. The van der Waals surface area contributed by atoms with E-state index in [0.29, 0.717) is 31.0 Å². The molecule has 1 fully saturated rings. The fourth-order valence-corrected chi connectivity index (χ4v) is 3.54. The lowest BCUT2D eigenvalue weighted by Gasteiger charge is -2.16. The average molecular weight is 392 g/mol. The average Bonchev–Trinajstić information content (AvgIpc) is 3.37. The number of nitrogens with zero attached hydrogens (tertiary/aromatic N) is 3. The topological polar surface area (TPSA) is 90.0 Å². The summed E-state index contributed by atoms with van der Waals surface area (Å²) in [5, 5.41) is 0. The van der Waals surface area contributed by atoms with Gasteiger partial charge in [-0.15, -0.1) is 0 Å². The Labute approximate surface area is 169 Å². The Hall–Kier alpha value is -3.19. The van der Waals surface area contributed by atoms with E-state index in [-0.39, 0.29) is 12.0 Å². The third-order valence-electron chi connectivity index (χ3n) is 5.01. The van der Waals surface area contributed by atoms with Gasteiger partial charge in [0, 0.05) is 25.6 Å². The Balaban J connectivity index is 1.42. The minimum Gasteiger partial charge on any atom is -0.490 e. The predicted octanol–water partition coefficient (Wildman–Crippen LogP) is 2.97. The molecule has 1 unspecified atom stereocenters. The minimum atomic E-state index is -0.0504. The van der Waals surface area contributed by atoms with Crippen LogP contribution in [0.1, 0.15) is 34.5 Å². The van der Waals surface area contributed by atoms with E-state index in [9.17, 15) is 4.79 Å². The Bertz CT molecular complexity index is 918. The molecule has 1 aromatic carbocycles. The van der Waals surface area contributed by atoms with E-state index in [1.165, 1.54) is 6.20 Å². The van der Waals surface area contributed by atoms with Crippen LogP contribution in [0.4, 0.5) is 5.69 Å². The van der Waals surface area contributed by atoms with Gasteiger partial charge in [-0.2, -0.15) is 0 Å². The van der Waals surface area contributed by atoms with Crippen LogP contribution in [0.3, 0.4) is 0 Å². The molecule has 0 aliphatic carbocycles. The molecule has 0 bridgehead atoms. The Morgan fingerprint density at radius 2 is 2.17 bits per heavy atom. The van der Waals surface area contributed by atoms with Crippen LogP contribution in [0, 0.1) is 0 Å².